The maximum absolute atomic E-state index is 5.33. The molecule has 1 atom stereocenters. The number of nitrogens with zero attached hydrogens (tertiary/aromatic N) is 3. The van der Waals surface area contributed by atoms with Crippen LogP contribution in [0.15, 0.2) is 16.7 Å². The highest BCUT2D eigenvalue weighted by atomic mass is 16.5. The van der Waals surface area contributed by atoms with Crippen LogP contribution in [0, 0.1) is 13.8 Å². The summed E-state index contributed by atoms with van der Waals surface area (Å²) in [4.78, 5) is 8.79. The minimum atomic E-state index is 0.270. The van der Waals surface area contributed by atoms with Gasteiger partial charge in [0.05, 0.1) is 6.61 Å². The van der Waals surface area contributed by atoms with Crippen molar-refractivity contribution in [2.45, 2.75) is 26.2 Å². The lowest BCUT2D eigenvalue weighted by atomic mass is 10.1. The molecule has 0 aliphatic carbocycles. The lowest BCUT2D eigenvalue weighted by Crippen LogP contribution is -1.99. The number of aryl methyl sites for hydroxylation is 2. The van der Waals surface area contributed by atoms with Crippen LogP contribution in [0.3, 0.4) is 0 Å². The number of hydrogen-bond donors (Lipinski definition) is 0. The van der Waals surface area contributed by atoms with E-state index in [4.69, 9.17) is 9.26 Å². The van der Waals surface area contributed by atoms with Crippen LogP contribution in [0.5, 0.6) is 0 Å². The number of ether oxygens (including phenoxy) is 1. The molecule has 0 aromatic carbocycles. The van der Waals surface area contributed by atoms with E-state index >= 15 is 0 Å². The molecule has 0 saturated carbocycles. The first-order valence-corrected chi connectivity index (χ1v) is 6.09. The normalized spacial score (nSPS) is 19.3. The Morgan fingerprint density at radius 2 is 1.94 bits per heavy atom. The highest BCUT2D eigenvalue weighted by Crippen LogP contribution is 2.25. The van der Waals surface area contributed by atoms with E-state index < -0.39 is 0 Å². The Balaban J connectivity index is 1.92. The molecule has 0 amide bonds. The van der Waals surface area contributed by atoms with Gasteiger partial charge in [-0.25, -0.2) is 0 Å². The van der Waals surface area contributed by atoms with Crippen LogP contribution in [-0.4, -0.2) is 28.3 Å². The van der Waals surface area contributed by atoms with E-state index in [0.717, 1.165) is 35.8 Å². The minimum absolute atomic E-state index is 0.270. The highest BCUT2D eigenvalue weighted by molar-refractivity contribution is 5.53. The fourth-order valence-corrected chi connectivity index (χ4v) is 2.21. The van der Waals surface area contributed by atoms with Crippen molar-refractivity contribution in [2.24, 2.45) is 0 Å². The first-order chi connectivity index (χ1) is 8.72. The minimum Gasteiger partial charge on any atom is -0.381 e. The van der Waals surface area contributed by atoms with Gasteiger partial charge in [0.25, 0.3) is 5.89 Å². The zero-order valence-corrected chi connectivity index (χ0v) is 10.5. The number of pyridine rings is 1. The van der Waals surface area contributed by atoms with Crippen LogP contribution in [-0.2, 0) is 4.74 Å². The first kappa shape index (κ1) is 11.3. The van der Waals surface area contributed by atoms with Gasteiger partial charge < -0.3 is 9.26 Å². The molecule has 94 valence electrons. The van der Waals surface area contributed by atoms with Crippen LogP contribution < -0.4 is 0 Å². The molecule has 1 fully saturated rings. The molecule has 1 saturated heterocycles. The van der Waals surface area contributed by atoms with Crippen molar-refractivity contribution in [3.63, 3.8) is 0 Å². The molecule has 1 aliphatic heterocycles. The Kier molecular flexibility index (Phi) is 2.83. The number of hydrogen-bond acceptors (Lipinski definition) is 5. The zero-order valence-electron chi connectivity index (χ0n) is 10.5. The predicted molar refractivity (Wildman–Crippen MR) is 65.2 cm³/mol. The molecular formula is C13H15N3O2. The van der Waals surface area contributed by atoms with Gasteiger partial charge in [-0.15, -0.1) is 0 Å². The second-order valence-corrected chi connectivity index (χ2v) is 4.66. The standard InChI is InChI=1S/C13H15N3O2/c1-8-5-11(6-9(2)14-8)13-15-12(16-18-13)10-3-4-17-7-10/h5-6,10H,3-4,7H2,1-2H3/t10-/m0/s1. The Hall–Kier alpha value is -1.75. The summed E-state index contributed by atoms with van der Waals surface area (Å²) in [6, 6.07) is 3.91. The molecule has 18 heavy (non-hydrogen) atoms. The summed E-state index contributed by atoms with van der Waals surface area (Å²) in [7, 11) is 0. The van der Waals surface area contributed by atoms with Gasteiger partial charge >= 0.3 is 0 Å². The molecule has 0 unspecified atom stereocenters. The fraction of sp³-hybridized carbons (Fsp3) is 0.462. The van der Waals surface area contributed by atoms with Gasteiger partial charge in [0, 0.05) is 29.5 Å². The Morgan fingerprint density at radius 3 is 2.61 bits per heavy atom. The van der Waals surface area contributed by atoms with Crippen molar-refractivity contribution in [3.05, 3.63) is 29.3 Å². The van der Waals surface area contributed by atoms with Gasteiger partial charge in [0.2, 0.25) is 0 Å². The van der Waals surface area contributed by atoms with E-state index in [9.17, 15) is 0 Å². The van der Waals surface area contributed by atoms with Crippen molar-refractivity contribution >= 4 is 0 Å². The van der Waals surface area contributed by atoms with Gasteiger partial charge in [-0.3, -0.25) is 4.98 Å². The van der Waals surface area contributed by atoms with E-state index in [1.807, 2.05) is 26.0 Å². The monoisotopic (exact) mass is 245 g/mol. The highest BCUT2D eigenvalue weighted by Gasteiger charge is 2.23. The molecule has 0 spiro atoms. The quantitative estimate of drug-likeness (QED) is 0.812. The van der Waals surface area contributed by atoms with Crippen LogP contribution >= 0.6 is 0 Å². The maximum atomic E-state index is 5.33. The maximum Gasteiger partial charge on any atom is 0.258 e. The third-order valence-electron chi connectivity index (χ3n) is 3.07. The zero-order chi connectivity index (χ0) is 12.5. The summed E-state index contributed by atoms with van der Waals surface area (Å²) in [5.74, 6) is 1.58. The lowest BCUT2D eigenvalue weighted by molar-refractivity contribution is 0.192. The van der Waals surface area contributed by atoms with Gasteiger partial charge in [0.1, 0.15) is 0 Å². The summed E-state index contributed by atoms with van der Waals surface area (Å²) < 4.78 is 10.7. The summed E-state index contributed by atoms with van der Waals surface area (Å²) >= 11 is 0. The third kappa shape index (κ3) is 2.13. The molecule has 0 bridgehead atoms. The number of aromatic nitrogens is 3. The largest absolute Gasteiger partial charge is 0.381 e. The van der Waals surface area contributed by atoms with Crippen molar-refractivity contribution in [1.29, 1.82) is 0 Å². The smallest absolute Gasteiger partial charge is 0.258 e. The third-order valence-corrected chi connectivity index (χ3v) is 3.07. The SMILES string of the molecule is Cc1cc(-c2nc([C@H]3CCOC3)no2)cc(C)n1. The Bertz CT molecular complexity index is 539. The molecule has 2 aromatic heterocycles. The molecule has 3 rings (SSSR count). The molecule has 0 radical (unpaired) electrons. The van der Waals surface area contributed by atoms with Crippen LogP contribution in [0.4, 0.5) is 0 Å². The summed E-state index contributed by atoms with van der Waals surface area (Å²) in [5.41, 5.74) is 2.83. The topological polar surface area (TPSA) is 61.0 Å². The number of rotatable bonds is 2. The van der Waals surface area contributed by atoms with E-state index in [-0.39, 0.29) is 5.92 Å². The second-order valence-electron chi connectivity index (χ2n) is 4.66. The summed E-state index contributed by atoms with van der Waals surface area (Å²) in [5, 5.41) is 4.05. The predicted octanol–water partition coefficient (Wildman–Crippen LogP) is 2.25. The average molecular weight is 245 g/mol. The Labute approximate surface area is 105 Å². The van der Waals surface area contributed by atoms with Crippen molar-refractivity contribution < 1.29 is 9.26 Å². The summed E-state index contributed by atoms with van der Waals surface area (Å²) in [6.45, 7) is 5.38. The van der Waals surface area contributed by atoms with Gasteiger partial charge in [-0.2, -0.15) is 4.98 Å². The molecule has 5 heteroatoms. The van der Waals surface area contributed by atoms with E-state index in [2.05, 4.69) is 15.1 Å². The van der Waals surface area contributed by atoms with Crippen molar-refractivity contribution in [2.75, 3.05) is 13.2 Å². The van der Waals surface area contributed by atoms with Gasteiger partial charge in [0.15, 0.2) is 5.82 Å². The van der Waals surface area contributed by atoms with E-state index in [0.29, 0.717) is 12.5 Å². The summed E-state index contributed by atoms with van der Waals surface area (Å²) in [6.07, 6.45) is 0.966. The first-order valence-electron chi connectivity index (χ1n) is 6.09. The molecular weight excluding hydrogens is 230 g/mol. The van der Waals surface area contributed by atoms with Crippen LogP contribution in [0.2, 0.25) is 0 Å². The van der Waals surface area contributed by atoms with Crippen molar-refractivity contribution in [1.82, 2.24) is 15.1 Å². The van der Waals surface area contributed by atoms with E-state index in [1.165, 1.54) is 0 Å². The van der Waals surface area contributed by atoms with Crippen molar-refractivity contribution in [3.8, 4) is 11.5 Å². The van der Waals surface area contributed by atoms with Crippen LogP contribution in [0.1, 0.15) is 29.6 Å². The van der Waals surface area contributed by atoms with E-state index in [1.54, 1.807) is 0 Å². The molecule has 1 aliphatic rings. The van der Waals surface area contributed by atoms with Gasteiger partial charge in [-0.05, 0) is 32.4 Å². The fourth-order valence-electron chi connectivity index (χ4n) is 2.21. The van der Waals surface area contributed by atoms with Crippen LogP contribution in [0.25, 0.3) is 11.5 Å². The molecule has 0 N–H and O–H groups in total. The molecule has 2 aromatic rings. The van der Waals surface area contributed by atoms with Gasteiger partial charge in [-0.1, -0.05) is 5.16 Å². The lowest BCUT2D eigenvalue weighted by Gasteiger charge is -1.99. The Morgan fingerprint density at radius 1 is 1.17 bits per heavy atom. The molecule has 5 nitrogen and oxygen atoms in total. The average Bonchev–Trinajstić information content (AvgIpc) is 2.99. The second kappa shape index (κ2) is 4.49. The molecule has 3 heterocycles.